The molecule has 5 rings (SSSR count). The fourth-order valence-corrected chi connectivity index (χ4v) is 8.70. The van der Waals surface area contributed by atoms with Gasteiger partial charge in [0, 0.05) is 12.1 Å². The van der Waals surface area contributed by atoms with Gasteiger partial charge in [0.1, 0.15) is 10.9 Å². The van der Waals surface area contributed by atoms with Crippen molar-refractivity contribution in [3.63, 3.8) is 0 Å². The van der Waals surface area contributed by atoms with Crippen LogP contribution in [-0.2, 0) is 20.2 Å². The van der Waals surface area contributed by atoms with Gasteiger partial charge in [-0.1, -0.05) is 38.0 Å². The Balaban J connectivity index is 1.67. The van der Waals surface area contributed by atoms with Gasteiger partial charge in [-0.3, -0.25) is 10.1 Å². The summed E-state index contributed by atoms with van der Waals surface area (Å²) in [7, 11) is -3.68. The molecule has 1 saturated carbocycles. The first-order chi connectivity index (χ1) is 15.0. The highest BCUT2D eigenvalue weighted by atomic mass is 32.2. The van der Waals surface area contributed by atoms with E-state index in [0.717, 1.165) is 30.4 Å². The highest BCUT2D eigenvalue weighted by Crippen LogP contribution is 2.69. The zero-order valence-electron chi connectivity index (χ0n) is 18.7. The smallest absolute Gasteiger partial charge is 0.269 e. The van der Waals surface area contributed by atoms with Crippen molar-refractivity contribution < 1.29 is 18.1 Å². The third kappa shape index (κ3) is 2.83. The van der Waals surface area contributed by atoms with Gasteiger partial charge in [0.05, 0.1) is 15.4 Å². The van der Waals surface area contributed by atoms with E-state index in [1.807, 2.05) is 19.1 Å². The summed E-state index contributed by atoms with van der Waals surface area (Å²) < 4.78 is 34.9. The molecule has 7 heteroatoms. The minimum atomic E-state index is -3.68. The van der Waals surface area contributed by atoms with Crippen molar-refractivity contribution in [2.45, 2.75) is 74.2 Å². The molecule has 0 radical (unpaired) electrons. The van der Waals surface area contributed by atoms with Crippen LogP contribution in [0, 0.1) is 28.4 Å². The van der Waals surface area contributed by atoms with Crippen molar-refractivity contribution in [3.05, 3.63) is 69.8 Å². The van der Waals surface area contributed by atoms with Crippen LogP contribution in [0.1, 0.15) is 57.1 Å². The average Bonchev–Trinajstić information content (AvgIpc) is 3.28. The summed E-state index contributed by atoms with van der Waals surface area (Å²) in [4.78, 5) is 11.1. The molecule has 0 amide bonds. The zero-order valence-corrected chi connectivity index (χ0v) is 19.5. The number of rotatable bonds is 4. The van der Waals surface area contributed by atoms with Crippen LogP contribution in [0.5, 0.6) is 0 Å². The molecule has 3 fully saturated rings. The molecule has 2 aromatic rings. The number of non-ortho nitro benzene ring substituents is 1. The molecular formula is C25H29NO5S. The van der Waals surface area contributed by atoms with Gasteiger partial charge in [-0.25, -0.2) is 8.42 Å². The lowest BCUT2D eigenvalue weighted by Crippen LogP contribution is -2.53. The number of nitrogens with zero attached hydrogens (tertiary/aromatic N) is 1. The summed E-state index contributed by atoms with van der Waals surface area (Å²) in [6, 6.07) is 13.3. The topological polar surface area (TPSA) is 86.5 Å². The fraction of sp³-hybridized carbons (Fsp3) is 0.520. The van der Waals surface area contributed by atoms with Crippen molar-refractivity contribution >= 4 is 15.5 Å². The maximum absolute atomic E-state index is 14.0. The van der Waals surface area contributed by atoms with Crippen LogP contribution in [0.4, 0.5) is 5.69 Å². The molecule has 32 heavy (non-hydrogen) atoms. The SMILES string of the molecule is Cc1ccc(S(=O)(=O)[C@H]2C[C@@]34O[C@]2(c2ccc([N+](=O)[O-])cc2)C[C@@H]3CCCC4(C)C)cc1. The molecule has 2 heterocycles. The maximum Gasteiger partial charge on any atom is 0.269 e. The molecule has 2 saturated heterocycles. The molecule has 4 atom stereocenters. The van der Waals surface area contributed by atoms with Crippen LogP contribution in [0.2, 0.25) is 0 Å². The van der Waals surface area contributed by atoms with Crippen molar-refractivity contribution in [1.29, 1.82) is 0 Å². The van der Waals surface area contributed by atoms with Gasteiger partial charge < -0.3 is 4.74 Å². The van der Waals surface area contributed by atoms with E-state index in [1.165, 1.54) is 12.1 Å². The van der Waals surface area contributed by atoms with Crippen molar-refractivity contribution in [2.24, 2.45) is 11.3 Å². The van der Waals surface area contributed by atoms with Crippen molar-refractivity contribution in [1.82, 2.24) is 0 Å². The standard InChI is InChI=1S/C25H29NO5S/c1-17-6-12-21(13-7-17)32(29,30)22-16-25-19(5-4-14-23(25,2)3)15-24(22,31-25)18-8-10-20(11-9-18)26(27)28/h6-13,19,22H,4-5,14-16H2,1-3H3/t19-,22-,24-,25+/m0/s1. The Kier molecular flexibility index (Phi) is 4.64. The van der Waals surface area contributed by atoms with Crippen LogP contribution in [0.3, 0.4) is 0 Å². The summed E-state index contributed by atoms with van der Waals surface area (Å²) in [6.45, 7) is 6.33. The number of nitro benzene ring substituents is 1. The van der Waals surface area contributed by atoms with Crippen molar-refractivity contribution in [2.75, 3.05) is 0 Å². The molecule has 2 aromatic carbocycles. The first-order valence-corrected chi connectivity index (χ1v) is 12.8. The van der Waals surface area contributed by atoms with E-state index in [1.54, 1.807) is 24.3 Å². The van der Waals surface area contributed by atoms with Crippen LogP contribution in [-0.4, -0.2) is 24.2 Å². The van der Waals surface area contributed by atoms with Crippen molar-refractivity contribution in [3.8, 4) is 0 Å². The number of nitro groups is 1. The molecule has 170 valence electrons. The summed E-state index contributed by atoms with van der Waals surface area (Å²) in [5.74, 6) is 0.283. The normalized spacial score (nSPS) is 33.1. The summed E-state index contributed by atoms with van der Waals surface area (Å²) in [6.07, 6.45) is 4.21. The number of hydrogen-bond acceptors (Lipinski definition) is 5. The Morgan fingerprint density at radius 2 is 1.69 bits per heavy atom. The Hall–Kier alpha value is -2.25. The van der Waals surface area contributed by atoms with E-state index in [9.17, 15) is 18.5 Å². The first kappa shape index (κ1) is 21.6. The predicted octanol–water partition coefficient (Wildman–Crippen LogP) is 5.33. The Bertz CT molecular complexity index is 1170. The number of ether oxygens (including phenoxy) is 1. The lowest BCUT2D eigenvalue weighted by molar-refractivity contribution is -0.384. The summed E-state index contributed by atoms with van der Waals surface area (Å²) in [5.41, 5.74) is 0.0824. The minimum Gasteiger partial charge on any atom is -0.362 e. The molecule has 0 aromatic heterocycles. The minimum absolute atomic E-state index is 0.00783. The monoisotopic (exact) mass is 455 g/mol. The third-order valence-electron chi connectivity index (χ3n) is 8.37. The quantitative estimate of drug-likeness (QED) is 0.459. The summed E-state index contributed by atoms with van der Waals surface area (Å²) >= 11 is 0. The van der Waals surface area contributed by atoms with Crippen LogP contribution in [0.25, 0.3) is 0 Å². The molecule has 2 aliphatic heterocycles. The van der Waals surface area contributed by atoms with Gasteiger partial charge in [0.2, 0.25) is 0 Å². The number of fused-ring (bicyclic) bond motifs is 1. The van der Waals surface area contributed by atoms with Gasteiger partial charge in [-0.05, 0) is 73.8 Å². The van der Waals surface area contributed by atoms with Gasteiger partial charge in [-0.2, -0.15) is 0 Å². The Morgan fingerprint density at radius 1 is 1.03 bits per heavy atom. The maximum atomic E-state index is 14.0. The Labute approximate surface area is 189 Å². The molecule has 1 aliphatic carbocycles. The van der Waals surface area contributed by atoms with Crippen LogP contribution < -0.4 is 0 Å². The first-order valence-electron chi connectivity index (χ1n) is 11.3. The van der Waals surface area contributed by atoms with E-state index in [0.29, 0.717) is 17.7 Å². The van der Waals surface area contributed by atoms with E-state index in [4.69, 9.17) is 4.74 Å². The van der Waals surface area contributed by atoms with E-state index < -0.39 is 31.2 Å². The molecule has 6 nitrogen and oxygen atoms in total. The number of hydrogen-bond donors (Lipinski definition) is 0. The number of benzene rings is 2. The largest absolute Gasteiger partial charge is 0.362 e. The number of sulfone groups is 1. The Morgan fingerprint density at radius 3 is 2.31 bits per heavy atom. The molecule has 0 N–H and O–H groups in total. The highest BCUT2D eigenvalue weighted by molar-refractivity contribution is 7.92. The lowest BCUT2D eigenvalue weighted by Gasteiger charge is -2.50. The second-order valence-corrected chi connectivity index (χ2v) is 12.5. The average molecular weight is 456 g/mol. The van der Waals surface area contributed by atoms with Gasteiger partial charge in [0.25, 0.3) is 5.69 Å². The summed E-state index contributed by atoms with van der Waals surface area (Å²) in [5, 5.41) is 10.5. The highest BCUT2D eigenvalue weighted by Gasteiger charge is 2.74. The van der Waals surface area contributed by atoms with Gasteiger partial charge >= 0.3 is 0 Å². The predicted molar refractivity (Wildman–Crippen MR) is 121 cm³/mol. The van der Waals surface area contributed by atoms with Gasteiger partial charge in [-0.15, -0.1) is 0 Å². The molecule has 1 spiro atoms. The fourth-order valence-electron chi connectivity index (χ4n) is 6.61. The molecule has 3 aliphatic rings. The van der Waals surface area contributed by atoms with Crippen LogP contribution >= 0.6 is 0 Å². The van der Waals surface area contributed by atoms with Crippen LogP contribution in [0.15, 0.2) is 53.4 Å². The molecule has 0 unspecified atom stereocenters. The van der Waals surface area contributed by atoms with E-state index in [2.05, 4.69) is 13.8 Å². The molecular weight excluding hydrogens is 426 g/mol. The van der Waals surface area contributed by atoms with E-state index >= 15 is 0 Å². The molecule has 2 bridgehead atoms. The third-order valence-corrected chi connectivity index (χ3v) is 10.6. The van der Waals surface area contributed by atoms with Gasteiger partial charge in [0.15, 0.2) is 9.84 Å². The van der Waals surface area contributed by atoms with E-state index in [-0.39, 0.29) is 17.0 Å². The lowest BCUT2D eigenvalue weighted by atomic mass is 9.56. The zero-order chi connectivity index (χ0) is 22.9. The number of aryl methyl sites for hydroxylation is 1. The second-order valence-electron chi connectivity index (χ2n) is 10.4. The second kappa shape index (κ2) is 6.87.